The number of Topliss-reactive ketones (excluding diaryl/α,β-unsaturated/α-hetero) is 1. The summed E-state index contributed by atoms with van der Waals surface area (Å²) < 4.78 is 0. The first-order valence-electron chi connectivity index (χ1n) is 8.03. The summed E-state index contributed by atoms with van der Waals surface area (Å²) >= 11 is 0. The largest absolute Gasteiger partial charge is 0.358 e. The molecule has 1 N–H and O–H groups in total. The maximum Gasteiger partial charge on any atom is 0.161 e. The van der Waals surface area contributed by atoms with Crippen LogP contribution < -0.4 is 5.32 Å². The summed E-state index contributed by atoms with van der Waals surface area (Å²) in [4.78, 5) is 16.6. The first-order chi connectivity index (χ1) is 11.3. The Morgan fingerprint density at radius 1 is 1.00 bits per heavy atom. The maximum absolute atomic E-state index is 12.5. The number of nitrogens with zero attached hydrogens (tertiary/aromatic N) is 1. The molecule has 1 aromatic heterocycles. The molecule has 0 unspecified atom stereocenters. The zero-order chi connectivity index (χ0) is 15.6. The fourth-order valence-corrected chi connectivity index (χ4v) is 3.43. The van der Waals surface area contributed by atoms with E-state index in [0.717, 1.165) is 35.4 Å². The van der Waals surface area contributed by atoms with Crippen LogP contribution in [0.4, 0.5) is 0 Å². The van der Waals surface area contributed by atoms with E-state index in [4.69, 9.17) is 0 Å². The Kier molecular flexibility index (Phi) is 3.54. The van der Waals surface area contributed by atoms with Crippen LogP contribution in [-0.4, -0.2) is 10.8 Å². The van der Waals surface area contributed by atoms with Crippen LogP contribution in [-0.2, 0) is 4.79 Å². The van der Waals surface area contributed by atoms with E-state index in [1.165, 1.54) is 5.56 Å². The SMILES string of the molecule is O=C1CCCC2=C1[C@@H](c1ccccc1)C=C(c1ccncc1)N2. The number of hydrogen-bond acceptors (Lipinski definition) is 3. The van der Waals surface area contributed by atoms with Crippen molar-refractivity contribution in [3.05, 3.63) is 83.3 Å². The summed E-state index contributed by atoms with van der Waals surface area (Å²) in [5.74, 6) is 0.307. The molecule has 0 saturated carbocycles. The quantitative estimate of drug-likeness (QED) is 0.917. The van der Waals surface area contributed by atoms with E-state index in [9.17, 15) is 4.79 Å². The second-order valence-corrected chi connectivity index (χ2v) is 6.00. The Balaban J connectivity index is 1.83. The van der Waals surface area contributed by atoms with E-state index in [2.05, 4.69) is 28.5 Å². The van der Waals surface area contributed by atoms with Crippen molar-refractivity contribution in [2.45, 2.75) is 25.2 Å². The van der Waals surface area contributed by atoms with E-state index >= 15 is 0 Å². The van der Waals surface area contributed by atoms with E-state index in [0.29, 0.717) is 6.42 Å². The molecule has 3 heteroatoms. The van der Waals surface area contributed by atoms with Crippen LogP contribution in [0, 0.1) is 0 Å². The lowest BCUT2D eigenvalue weighted by atomic mass is 9.79. The minimum atomic E-state index is 0.0309. The first-order valence-corrected chi connectivity index (χ1v) is 8.03. The van der Waals surface area contributed by atoms with Gasteiger partial charge >= 0.3 is 0 Å². The monoisotopic (exact) mass is 302 g/mol. The van der Waals surface area contributed by atoms with Crippen LogP contribution in [0.5, 0.6) is 0 Å². The molecular weight excluding hydrogens is 284 g/mol. The fourth-order valence-electron chi connectivity index (χ4n) is 3.43. The van der Waals surface area contributed by atoms with Gasteiger partial charge in [-0.25, -0.2) is 0 Å². The highest BCUT2D eigenvalue weighted by atomic mass is 16.1. The average molecular weight is 302 g/mol. The van der Waals surface area contributed by atoms with Crippen molar-refractivity contribution in [3.63, 3.8) is 0 Å². The van der Waals surface area contributed by atoms with E-state index in [-0.39, 0.29) is 11.7 Å². The normalized spacial score (nSPS) is 20.6. The standard InChI is InChI=1S/C20H18N2O/c23-19-8-4-7-17-20(19)16(14-5-2-1-3-6-14)13-18(22-17)15-9-11-21-12-10-15/h1-3,5-6,9-13,16,22H,4,7-8H2/t16-/m1/s1. The van der Waals surface area contributed by atoms with Gasteiger partial charge in [0.25, 0.3) is 0 Å². The number of rotatable bonds is 2. The van der Waals surface area contributed by atoms with Gasteiger partial charge in [-0.2, -0.15) is 0 Å². The number of ketones is 1. The van der Waals surface area contributed by atoms with Gasteiger partial charge in [-0.05, 0) is 36.6 Å². The van der Waals surface area contributed by atoms with Crippen molar-refractivity contribution >= 4 is 11.5 Å². The molecule has 4 rings (SSSR count). The molecule has 1 aliphatic heterocycles. The van der Waals surface area contributed by atoms with Gasteiger partial charge in [0.1, 0.15) is 0 Å². The Morgan fingerprint density at radius 2 is 1.78 bits per heavy atom. The lowest BCUT2D eigenvalue weighted by Gasteiger charge is -2.31. The Hall–Kier alpha value is -2.68. The number of nitrogens with one attached hydrogen (secondary N) is 1. The van der Waals surface area contributed by atoms with Crippen LogP contribution in [0.3, 0.4) is 0 Å². The third-order valence-electron chi connectivity index (χ3n) is 4.54. The van der Waals surface area contributed by atoms with Gasteiger partial charge in [-0.3, -0.25) is 9.78 Å². The summed E-state index contributed by atoms with van der Waals surface area (Å²) in [6.07, 6.45) is 8.29. The maximum atomic E-state index is 12.5. The average Bonchev–Trinajstić information content (AvgIpc) is 2.62. The summed E-state index contributed by atoms with van der Waals surface area (Å²) in [5.41, 5.74) is 5.37. The molecule has 1 aromatic carbocycles. The number of pyridine rings is 1. The van der Waals surface area contributed by atoms with Gasteiger partial charge in [0.05, 0.1) is 0 Å². The molecule has 0 spiro atoms. The van der Waals surface area contributed by atoms with Gasteiger partial charge in [0, 0.05) is 47.3 Å². The number of carbonyl (C=O) groups is 1. The van der Waals surface area contributed by atoms with Gasteiger partial charge in [-0.1, -0.05) is 30.3 Å². The zero-order valence-electron chi connectivity index (χ0n) is 12.8. The highest BCUT2D eigenvalue weighted by Gasteiger charge is 2.31. The first kappa shape index (κ1) is 13.9. The van der Waals surface area contributed by atoms with Crippen LogP contribution in [0.2, 0.25) is 0 Å². The third-order valence-corrected chi connectivity index (χ3v) is 4.54. The number of aromatic nitrogens is 1. The number of hydrogen-bond donors (Lipinski definition) is 1. The Morgan fingerprint density at radius 3 is 2.57 bits per heavy atom. The smallest absolute Gasteiger partial charge is 0.161 e. The molecule has 0 amide bonds. The minimum absolute atomic E-state index is 0.0309. The highest BCUT2D eigenvalue weighted by Crippen LogP contribution is 2.39. The van der Waals surface area contributed by atoms with E-state index in [1.54, 1.807) is 12.4 Å². The van der Waals surface area contributed by atoms with Crippen molar-refractivity contribution in [3.8, 4) is 0 Å². The van der Waals surface area contributed by atoms with Gasteiger partial charge in [0.15, 0.2) is 5.78 Å². The second kappa shape index (κ2) is 5.84. The van der Waals surface area contributed by atoms with Gasteiger partial charge in [0.2, 0.25) is 0 Å². The molecule has 2 heterocycles. The molecule has 114 valence electrons. The molecule has 0 radical (unpaired) electrons. The Bertz CT molecular complexity index is 791. The molecule has 23 heavy (non-hydrogen) atoms. The molecule has 1 atom stereocenters. The molecule has 1 aliphatic carbocycles. The minimum Gasteiger partial charge on any atom is -0.358 e. The molecule has 0 bridgehead atoms. The summed E-state index contributed by atoms with van der Waals surface area (Å²) in [5, 5.41) is 3.49. The summed E-state index contributed by atoms with van der Waals surface area (Å²) in [7, 11) is 0. The lowest BCUT2D eigenvalue weighted by molar-refractivity contribution is -0.116. The lowest BCUT2D eigenvalue weighted by Crippen LogP contribution is -2.28. The van der Waals surface area contributed by atoms with Gasteiger partial charge < -0.3 is 5.32 Å². The number of benzene rings is 1. The molecule has 2 aliphatic rings. The predicted octanol–water partition coefficient (Wildman–Crippen LogP) is 3.82. The van der Waals surface area contributed by atoms with Crippen molar-refractivity contribution in [2.24, 2.45) is 0 Å². The fraction of sp³-hybridized carbons (Fsp3) is 0.200. The summed E-state index contributed by atoms with van der Waals surface area (Å²) in [6, 6.07) is 14.3. The molecule has 3 nitrogen and oxygen atoms in total. The predicted molar refractivity (Wildman–Crippen MR) is 90.4 cm³/mol. The second-order valence-electron chi connectivity index (χ2n) is 6.00. The summed E-state index contributed by atoms with van der Waals surface area (Å²) in [6.45, 7) is 0. The zero-order valence-corrected chi connectivity index (χ0v) is 12.8. The van der Waals surface area contributed by atoms with Crippen LogP contribution in [0.1, 0.15) is 36.3 Å². The highest BCUT2D eigenvalue weighted by molar-refractivity contribution is 6.00. The molecule has 2 aromatic rings. The Labute approximate surface area is 135 Å². The number of allylic oxidation sites excluding steroid dienone is 3. The van der Waals surface area contributed by atoms with E-state index < -0.39 is 0 Å². The number of dihydropyridines is 1. The molecular formula is C20H18N2O. The third kappa shape index (κ3) is 2.59. The van der Waals surface area contributed by atoms with Crippen molar-refractivity contribution < 1.29 is 4.79 Å². The molecule has 0 fully saturated rings. The van der Waals surface area contributed by atoms with Crippen LogP contribution in [0.25, 0.3) is 5.70 Å². The topological polar surface area (TPSA) is 42.0 Å². The van der Waals surface area contributed by atoms with Gasteiger partial charge in [-0.15, -0.1) is 0 Å². The van der Waals surface area contributed by atoms with Crippen molar-refractivity contribution in [1.82, 2.24) is 10.3 Å². The van der Waals surface area contributed by atoms with Crippen LogP contribution >= 0.6 is 0 Å². The van der Waals surface area contributed by atoms with Crippen molar-refractivity contribution in [1.29, 1.82) is 0 Å². The number of carbonyl (C=O) groups excluding carboxylic acids is 1. The van der Waals surface area contributed by atoms with Crippen molar-refractivity contribution in [2.75, 3.05) is 0 Å². The van der Waals surface area contributed by atoms with E-state index in [1.807, 2.05) is 30.3 Å². The molecule has 0 saturated heterocycles. The van der Waals surface area contributed by atoms with Crippen LogP contribution in [0.15, 0.2) is 72.2 Å².